The fourth-order valence-electron chi connectivity index (χ4n) is 2.93. The van der Waals surface area contributed by atoms with Crippen LogP contribution in [-0.2, 0) is 4.79 Å². The molecule has 0 saturated carbocycles. The summed E-state index contributed by atoms with van der Waals surface area (Å²) >= 11 is 12.2. The summed E-state index contributed by atoms with van der Waals surface area (Å²) in [7, 11) is 0. The topological polar surface area (TPSA) is 97.6 Å². The van der Waals surface area contributed by atoms with Crippen molar-refractivity contribution in [2.75, 3.05) is 10.6 Å². The van der Waals surface area contributed by atoms with E-state index >= 15 is 0 Å². The first-order valence-electron chi connectivity index (χ1n) is 7.96. The molecular formula is C17H13Cl2N7O. The average molecular weight is 402 g/mol. The lowest BCUT2D eigenvalue weighted by atomic mass is 9.95. The summed E-state index contributed by atoms with van der Waals surface area (Å²) in [5.74, 6) is 0.131. The van der Waals surface area contributed by atoms with Gasteiger partial charge >= 0.3 is 0 Å². The monoisotopic (exact) mass is 401 g/mol. The number of pyridine rings is 1. The standard InChI is InChI=1S/C17H13Cl2N7O/c1-9-14(16(27)22-11-3-2-6-20-8-11)15(26-17(21-9)23-24-25-26)10-4-5-12(18)13(19)7-10/h2-8,15H,1H3,(H,22,27)(H,21,23,25). The number of amides is 1. The molecule has 0 saturated heterocycles. The van der Waals surface area contributed by atoms with Gasteiger partial charge in [-0.3, -0.25) is 9.78 Å². The minimum absolute atomic E-state index is 0.301. The largest absolute Gasteiger partial charge is 0.326 e. The van der Waals surface area contributed by atoms with E-state index in [9.17, 15) is 4.79 Å². The van der Waals surface area contributed by atoms with Crippen molar-refractivity contribution in [2.24, 2.45) is 0 Å². The summed E-state index contributed by atoms with van der Waals surface area (Å²) in [6.07, 6.45) is 3.20. The fourth-order valence-corrected chi connectivity index (χ4v) is 3.24. The van der Waals surface area contributed by atoms with Crippen molar-refractivity contribution >= 4 is 40.7 Å². The molecule has 1 amide bonds. The molecule has 8 nitrogen and oxygen atoms in total. The van der Waals surface area contributed by atoms with Gasteiger partial charge in [0.25, 0.3) is 5.91 Å². The molecule has 4 rings (SSSR count). The fraction of sp³-hybridized carbons (Fsp3) is 0.118. The van der Waals surface area contributed by atoms with Gasteiger partial charge in [-0.25, -0.2) is 0 Å². The quantitative estimate of drug-likeness (QED) is 0.698. The molecule has 2 N–H and O–H groups in total. The molecule has 1 atom stereocenters. The van der Waals surface area contributed by atoms with E-state index in [0.29, 0.717) is 33.0 Å². The van der Waals surface area contributed by atoms with Crippen LogP contribution in [0.4, 0.5) is 11.6 Å². The molecule has 0 spiro atoms. The molecule has 3 aromatic rings. The lowest BCUT2D eigenvalue weighted by molar-refractivity contribution is -0.113. The third-order valence-corrected chi connectivity index (χ3v) is 4.88. The Hall–Kier alpha value is -2.97. The summed E-state index contributed by atoms with van der Waals surface area (Å²) in [4.78, 5) is 17.1. The second-order valence-corrected chi connectivity index (χ2v) is 6.70. The van der Waals surface area contributed by atoms with Crippen LogP contribution < -0.4 is 10.6 Å². The Morgan fingerprint density at radius 1 is 1.26 bits per heavy atom. The van der Waals surface area contributed by atoms with Gasteiger partial charge in [0.2, 0.25) is 5.95 Å². The molecule has 2 aromatic heterocycles. The lowest BCUT2D eigenvalue weighted by Crippen LogP contribution is -2.31. The molecule has 0 bridgehead atoms. The minimum Gasteiger partial charge on any atom is -0.326 e. The Morgan fingerprint density at radius 3 is 2.85 bits per heavy atom. The van der Waals surface area contributed by atoms with Crippen LogP contribution >= 0.6 is 23.2 Å². The number of carbonyl (C=O) groups is 1. The number of benzene rings is 1. The molecule has 10 heteroatoms. The average Bonchev–Trinajstić information content (AvgIpc) is 3.11. The smallest absolute Gasteiger partial charge is 0.255 e. The number of tetrazole rings is 1. The van der Waals surface area contributed by atoms with Gasteiger partial charge < -0.3 is 10.6 Å². The van der Waals surface area contributed by atoms with Crippen LogP contribution in [0.15, 0.2) is 54.0 Å². The zero-order chi connectivity index (χ0) is 19.0. The summed E-state index contributed by atoms with van der Waals surface area (Å²) in [5.41, 5.74) is 2.40. The molecule has 1 unspecified atom stereocenters. The minimum atomic E-state index is -0.567. The second kappa shape index (κ2) is 6.98. The van der Waals surface area contributed by atoms with Crippen molar-refractivity contribution in [3.05, 3.63) is 69.6 Å². The highest BCUT2D eigenvalue weighted by Gasteiger charge is 2.34. The zero-order valence-corrected chi connectivity index (χ0v) is 15.5. The molecule has 27 heavy (non-hydrogen) atoms. The van der Waals surface area contributed by atoms with Crippen LogP contribution in [0, 0.1) is 0 Å². The predicted molar refractivity (Wildman–Crippen MR) is 102 cm³/mol. The number of halogens is 2. The number of nitrogens with one attached hydrogen (secondary N) is 2. The highest BCUT2D eigenvalue weighted by Crippen LogP contribution is 2.36. The first kappa shape index (κ1) is 17.4. The van der Waals surface area contributed by atoms with Gasteiger partial charge in [-0.15, -0.1) is 0 Å². The summed E-state index contributed by atoms with van der Waals surface area (Å²) in [6, 6.07) is 8.11. The molecule has 1 aliphatic heterocycles. The van der Waals surface area contributed by atoms with Gasteiger partial charge in [-0.05, 0) is 47.2 Å². The molecular weight excluding hydrogens is 389 g/mol. The van der Waals surface area contributed by atoms with Crippen molar-refractivity contribution in [3.8, 4) is 0 Å². The van der Waals surface area contributed by atoms with Gasteiger partial charge in [0.05, 0.1) is 27.5 Å². The Bertz CT molecular complexity index is 1050. The van der Waals surface area contributed by atoms with Crippen molar-refractivity contribution in [1.29, 1.82) is 0 Å². The van der Waals surface area contributed by atoms with E-state index in [1.165, 1.54) is 4.68 Å². The molecule has 3 heterocycles. The van der Waals surface area contributed by atoms with Crippen LogP contribution in [0.2, 0.25) is 10.0 Å². The van der Waals surface area contributed by atoms with Crippen LogP contribution in [0.3, 0.4) is 0 Å². The number of nitrogens with zero attached hydrogens (tertiary/aromatic N) is 5. The molecule has 136 valence electrons. The van der Waals surface area contributed by atoms with Crippen molar-refractivity contribution in [1.82, 2.24) is 25.2 Å². The number of fused-ring (bicyclic) bond motifs is 1. The molecule has 0 radical (unpaired) electrons. The number of rotatable bonds is 3. The van der Waals surface area contributed by atoms with E-state index in [1.807, 2.05) is 0 Å². The van der Waals surface area contributed by atoms with E-state index in [1.54, 1.807) is 49.6 Å². The third-order valence-electron chi connectivity index (χ3n) is 4.14. The number of allylic oxidation sites excluding steroid dienone is 1. The first-order valence-corrected chi connectivity index (χ1v) is 8.72. The second-order valence-electron chi connectivity index (χ2n) is 5.88. The molecule has 1 aliphatic rings. The normalized spacial score (nSPS) is 15.9. The number of hydrogen-bond donors (Lipinski definition) is 2. The van der Waals surface area contributed by atoms with E-state index in [0.717, 1.165) is 5.56 Å². The highest BCUT2D eigenvalue weighted by atomic mass is 35.5. The van der Waals surface area contributed by atoms with E-state index in [2.05, 4.69) is 31.1 Å². The Balaban J connectivity index is 1.79. The van der Waals surface area contributed by atoms with Gasteiger partial charge in [-0.2, -0.15) is 4.68 Å². The Kier molecular flexibility index (Phi) is 4.51. The van der Waals surface area contributed by atoms with Gasteiger partial charge in [0, 0.05) is 11.9 Å². The molecule has 0 fully saturated rings. The zero-order valence-electron chi connectivity index (χ0n) is 14.0. The SMILES string of the molecule is CC1=C(C(=O)Nc2cccnc2)C(c2ccc(Cl)c(Cl)c2)n2nnnc2N1. The third kappa shape index (κ3) is 3.24. The van der Waals surface area contributed by atoms with Crippen molar-refractivity contribution < 1.29 is 4.79 Å². The summed E-state index contributed by atoms with van der Waals surface area (Å²) in [6.45, 7) is 1.79. The van der Waals surface area contributed by atoms with Crippen LogP contribution in [-0.4, -0.2) is 31.1 Å². The van der Waals surface area contributed by atoms with Crippen LogP contribution in [0.5, 0.6) is 0 Å². The van der Waals surface area contributed by atoms with E-state index in [-0.39, 0.29) is 5.91 Å². The Labute approximate surface area is 164 Å². The van der Waals surface area contributed by atoms with Gasteiger partial charge in [0.1, 0.15) is 6.04 Å². The number of anilines is 2. The first-order chi connectivity index (χ1) is 13.0. The maximum absolute atomic E-state index is 13.1. The molecule has 0 aliphatic carbocycles. The summed E-state index contributed by atoms with van der Waals surface area (Å²) < 4.78 is 1.53. The van der Waals surface area contributed by atoms with Gasteiger partial charge in [-0.1, -0.05) is 34.4 Å². The van der Waals surface area contributed by atoms with E-state index in [4.69, 9.17) is 23.2 Å². The van der Waals surface area contributed by atoms with Gasteiger partial charge in [0.15, 0.2) is 0 Å². The number of hydrogen-bond acceptors (Lipinski definition) is 6. The number of carbonyl (C=O) groups excluding carboxylic acids is 1. The maximum atomic E-state index is 13.1. The summed E-state index contributed by atoms with van der Waals surface area (Å²) in [5, 5.41) is 18.4. The van der Waals surface area contributed by atoms with Crippen LogP contribution in [0.1, 0.15) is 18.5 Å². The van der Waals surface area contributed by atoms with Crippen molar-refractivity contribution in [3.63, 3.8) is 0 Å². The predicted octanol–water partition coefficient (Wildman–Crippen LogP) is 3.30. The highest BCUT2D eigenvalue weighted by molar-refractivity contribution is 6.42. The lowest BCUT2D eigenvalue weighted by Gasteiger charge is -2.28. The van der Waals surface area contributed by atoms with E-state index < -0.39 is 6.04 Å². The molecule has 1 aromatic carbocycles. The number of aromatic nitrogens is 5. The van der Waals surface area contributed by atoms with Crippen molar-refractivity contribution in [2.45, 2.75) is 13.0 Å². The Morgan fingerprint density at radius 2 is 2.11 bits per heavy atom. The maximum Gasteiger partial charge on any atom is 0.255 e. The van der Waals surface area contributed by atoms with Crippen LogP contribution in [0.25, 0.3) is 0 Å².